The molecule has 4 N–H and O–H groups in total. The molecule has 2 aromatic carbocycles. The maximum atomic E-state index is 9.53. The lowest BCUT2D eigenvalue weighted by molar-refractivity contribution is 0.243. The van der Waals surface area contributed by atoms with E-state index in [9.17, 15) is 5.11 Å². The maximum Gasteiger partial charge on any atom is 0.0626 e. The summed E-state index contributed by atoms with van der Waals surface area (Å²) in [6.07, 6.45) is 0.962. The molecule has 0 spiro atoms. The van der Waals surface area contributed by atoms with Crippen molar-refractivity contribution in [2.45, 2.75) is 18.4 Å². The van der Waals surface area contributed by atoms with Crippen LogP contribution in [0.5, 0.6) is 0 Å². The van der Waals surface area contributed by atoms with Gasteiger partial charge in [0, 0.05) is 0 Å². The van der Waals surface area contributed by atoms with Crippen LogP contribution in [-0.2, 0) is 0 Å². The smallest absolute Gasteiger partial charge is 0.0626 e. The first kappa shape index (κ1) is 15.7. The van der Waals surface area contributed by atoms with Gasteiger partial charge in [-0.15, -0.1) is 0 Å². The van der Waals surface area contributed by atoms with Crippen molar-refractivity contribution in [3.63, 3.8) is 0 Å². The number of nitrogens with two attached hydrogens (primary N) is 1. The molecule has 0 aliphatic carbocycles. The summed E-state index contributed by atoms with van der Waals surface area (Å²) in [6, 6.07) is 20.4. The standard InChI is InChI=1S/C18H24N2O/c19-13-17(15-7-3-1-4-8-15)11-12-20-18(14-21)16-9-5-2-6-10-16/h1-10,17-18,20-21H,11-14,19H2/t17?,18-/m0/s1. The Morgan fingerprint density at radius 3 is 2.00 bits per heavy atom. The molecule has 0 aromatic heterocycles. The molecule has 0 fully saturated rings. The normalized spacial score (nSPS) is 13.8. The summed E-state index contributed by atoms with van der Waals surface area (Å²) in [4.78, 5) is 0. The molecule has 1 unspecified atom stereocenters. The predicted molar refractivity (Wildman–Crippen MR) is 87.1 cm³/mol. The van der Waals surface area contributed by atoms with Crippen LogP contribution in [0.1, 0.15) is 29.5 Å². The average molecular weight is 284 g/mol. The highest BCUT2D eigenvalue weighted by molar-refractivity contribution is 5.20. The Balaban J connectivity index is 1.87. The van der Waals surface area contributed by atoms with E-state index in [4.69, 9.17) is 5.73 Å². The van der Waals surface area contributed by atoms with Gasteiger partial charge in [-0.2, -0.15) is 0 Å². The van der Waals surface area contributed by atoms with Crippen LogP contribution in [0.4, 0.5) is 0 Å². The van der Waals surface area contributed by atoms with Crippen LogP contribution in [0.25, 0.3) is 0 Å². The third kappa shape index (κ3) is 4.67. The quantitative estimate of drug-likeness (QED) is 0.698. The zero-order valence-corrected chi connectivity index (χ0v) is 12.3. The molecule has 0 saturated carbocycles. The molecule has 0 heterocycles. The molecule has 0 aliphatic heterocycles. The molecular weight excluding hydrogens is 260 g/mol. The van der Waals surface area contributed by atoms with Gasteiger partial charge in [-0.3, -0.25) is 0 Å². The van der Waals surface area contributed by atoms with Gasteiger partial charge in [0.1, 0.15) is 0 Å². The van der Waals surface area contributed by atoms with Crippen LogP contribution in [-0.4, -0.2) is 24.8 Å². The molecule has 2 aromatic rings. The largest absolute Gasteiger partial charge is 0.394 e. The van der Waals surface area contributed by atoms with E-state index in [0.29, 0.717) is 12.5 Å². The highest BCUT2D eigenvalue weighted by Gasteiger charge is 2.12. The van der Waals surface area contributed by atoms with E-state index in [-0.39, 0.29) is 12.6 Å². The summed E-state index contributed by atoms with van der Waals surface area (Å²) in [5.74, 6) is 0.355. The molecule has 3 heteroatoms. The zero-order valence-electron chi connectivity index (χ0n) is 12.3. The molecule has 3 nitrogen and oxygen atoms in total. The molecule has 112 valence electrons. The van der Waals surface area contributed by atoms with E-state index in [1.807, 2.05) is 48.5 Å². The Labute approximate surface area is 126 Å². The number of aliphatic hydroxyl groups excluding tert-OH is 1. The molecule has 0 bridgehead atoms. The summed E-state index contributed by atoms with van der Waals surface area (Å²) in [5.41, 5.74) is 8.28. The van der Waals surface area contributed by atoms with Crippen molar-refractivity contribution in [1.29, 1.82) is 0 Å². The van der Waals surface area contributed by atoms with Gasteiger partial charge in [-0.1, -0.05) is 60.7 Å². The first-order valence-electron chi connectivity index (χ1n) is 7.49. The Kier molecular flexibility index (Phi) is 6.41. The van der Waals surface area contributed by atoms with Gasteiger partial charge in [-0.25, -0.2) is 0 Å². The third-order valence-corrected chi connectivity index (χ3v) is 3.82. The number of hydrogen-bond donors (Lipinski definition) is 3. The lowest BCUT2D eigenvalue weighted by Crippen LogP contribution is -2.27. The van der Waals surface area contributed by atoms with Crippen LogP contribution in [0.2, 0.25) is 0 Å². The molecular formula is C18H24N2O. The first-order chi connectivity index (χ1) is 10.3. The topological polar surface area (TPSA) is 58.3 Å². The molecule has 2 atom stereocenters. The van der Waals surface area contributed by atoms with Gasteiger partial charge in [0.15, 0.2) is 0 Å². The van der Waals surface area contributed by atoms with Gasteiger partial charge in [0.25, 0.3) is 0 Å². The van der Waals surface area contributed by atoms with E-state index < -0.39 is 0 Å². The second kappa shape index (κ2) is 8.57. The summed E-state index contributed by atoms with van der Waals surface area (Å²) in [5, 5.41) is 12.9. The lowest BCUT2D eigenvalue weighted by atomic mass is 9.95. The van der Waals surface area contributed by atoms with Gasteiger partial charge >= 0.3 is 0 Å². The van der Waals surface area contributed by atoms with Crippen LogP contribution >= 0.6 is 0 Å². The van der Waals surface area contributed by atoms with Crippen LogP contribution in [0.15, 0.2) is 60.7 Å². The second-order valence-corrected chi connectivity index (χ2v) is 5.23. The van der Waals surface area contributed by atoms with Crippen LogP contribution in [0.3, 0.4) is 0 Å². The van der Waals surface area contributed by atoms with Crippen molar-refractivity contribution in [3.05, 3.63) is 71.8 Å². The average Bonchev–Trinajstić information content (AvgIpc) is 2.57. The fourth-order valence-corrected chi connectivity index (χ4v) is 2.55. The van der Waals surface area contributed by atoms with E-state index in [1.54, 1.807) is 0 Å². The monoisotopic (exact) mass is 284 g/mol. The molecule has 0 saturated heterocycles. The van der Waals surface area contributed by atoms with E-state index in [0.717, 1.165) is 18.5 Å². The van der Waals surface area contributed by atoms with Crippen molar-refractivity contribution in [3.8, 4) is 0 Å². The minimum Gasteiger partial charge on any atom is -0.394 e. The van der Waals surface area contributed by atoms with Crippen molar-refractivity contribution >= 4 is 0 Å². The number of aliphatic hydroxyl groups is 1. The minimum absolute atomic E-state index is 0.0135. The van der Waals surface area contributed by atoms with E-state index >= 15 is 0 Å². The van der Waals surface area contributed by atoms with Crippen LogP contribution < -0.4 is 11.1 Å². The van der Waals surface area contributed by atoms with Crippen molar-refractivity contribution < 1.29 is 5.11 Å². The number of benzene rings is 2. The highest BCUT2D eigenvalue weighted by atomic mass is 16.3. The Hall–Kier alpha value is -1.68. The van der Waals surface area contributed by atoms with E-state index in [2.05, 4.69) is 17.4 Å². The molecule has 0 amide bonds. The summed E-state index contributed by atoms with van der Waals surface area (Å²) >= 11 is 0. The van der Waals surface area contributed by atoms with Crippen molar-refractivity contribution in [2.24, 2.45) is 5.73 Å². The highest BCUT2D eigenvalue weighted by Crippen LogP contribution is 2.18. The van der Waals surface area contributed by atoms with Crippen molar-refractivity contribution in [2.75, 3.05) is 19.7 Å². The lowest BCUT2D eigenvalue weighted by Gasteiger charge is -2.20. The summed E-state index contributed by atoms with van der Waals surface area (Å²) < 4.78 is 0. The van der Waals surface area contributed by atoms with E-state index in [1.165, 1.54) is 5.56 Å². The maximum absolute atomic E-state index is 9.53. The minimum atomic E-state index is -0.0135. The van der Waals surface area contributed by atoms with Gasteiger partial charge in [-0.05, 0) is 36.6 Å². The fraction of sp³-hybridized carbons (Fsp3) is 0.333. The second-order valence-electron chi connectivity index (χ2n) is 5.23. The van der Waals surface area contributed by atoms with Gasteiger partial charge < -0.3 is 16.2 Å². The fourth-order valence-electron chi connectivity index (χ4n) is 2.55. The zero-order chi connectivity index (χ0) is 14.9. The first-order valence-corrected chi connectivity index (χ1v) is 7.49. The van der Waals surface area contributed by atoms with Gasteiger partial charge in [0.2, 0.25) is 0 Å². The van der Waals surface area contributed by atoms with Gasteiger partial charge in [0.05, 0.1) is 12.6 Å². The Morgan fingerprint density at radius 1 is 0.905 bits per heavy atom. The number of rotatable bonds is 8. The Morgan fingerprint density at radius 2 is 1.48 bits per heavy atom. The van der Waals surface area contributed by atoms with Crippen molar-refractivity contribution in [1.82, 2.24) is 5.32 Å². The molecule has 0 radical (unpaired) electrons. The Bertz CT molecular complexity index is 454. The molecule has 2 rings (SSSR count). The number of hydrogen-bond acceptors (Lipinski definition) is 3. The SMILES string of the molecule is NCC(CCN[C@@H](CO)c1ccccc1)c1ccccc1. The number of nitrogens with one attached hydrogen (secondary N) is 1. The summed E-state index contributed by atoms with van der Waals surface area (Å²) in [6.45, 7) is 1.57. The predicted octanol–water partition coefficient (Wildman–Crippen LogP) is 2.44. The van der Waals surface area contributed by atoms with Crippen LogP contribution in [0, 0.1) is 0 Å². The molecule has 21 heavy (non-hydrogen) atoms. The summed E-state index contributed by atoms with van der Waals surface area (Å²) in [7, 11) is 0. The third-order valence-electron chi connectivity index (χ3n) is 3.82. The molecule has 0 aliphatic rings.